The Labute approximate surface area is 179 Å². The lowest BCUT2D eigenvalue weighted by Gasteiger charge is -2.11. The molecule has 0 unspecified atom stereocenters. The van der Waals surface area contributed by atoms with Crippen molar-refractivity contribution >= 4 is 22.9 Å². The number of hydrogen-bond donors (Lipinski definition) is 1. The van der Waals surface area contributed by atoms with Crippen LogP contribution in [0.2, 0.25) is 0 Å². The van der Waals surface area contributed by atoms with E-state index < -0.39 is 0 Å². The van der Waals surface area contributed by atoms with Crippen molar-refractivity contribution in [1.82, 2.24) is 9.78 Å². The first kappa shape index (κ1) is 19.9. The van der Waals surface area contributed by atoms with E-state index in [1.165, 1.54) is 11.3 Å². The van der Waals surface area contributed by atoms with Crippen molar-refractivity contribution in [3.05, 3.63) is 99.5 Å². The minimum absolute atomic E-state index is 0.116. The molecule has 0 aliphatic heterocycles. The highest BCUT2D eigenvalue weighted by Crippen LogP contribution is 2.25. The fourth-order valence-electron chi connectivity index (χ4n) is 3.27. The number of thiophene rings is 1. The Hall–Kier alpha value is -3.38. The molecule has 0 atom stereocenters. The van der Waals surface area contributed by atoms with Gasteiger partial charge in [0.25, 0.3) is 5.91 Å². The number of nitrogens with zero attached hydrogens (tertiary/aromatic N) is 2. The summed E-state index contributed by atoms with van der Waals surface area (Å²) in [5, 5.41) is 9.18. The molecule has 0 aliphatic carbocycles. The summed E-state index contributed by atoms with van der Waals surface area (Å²) in [6, 6.07) is 17.7. The lowest BCUT2D eigenvalue weighted by atomic mass is 10.1. The van der Waals surface area contributed by atoms with Crippen molar-refractivity contribution in [3.63, 3.8) is 0 Å². The summed E-state index contributed by atoms with van der Waals surface area (Å²) in [7, 11) is 0. The Kier molecular flexibility index (Phi) is 5.95. The van der Waals surface area contributed by atoms with E-state index in [1.807, 2.05) is 84.7 Å². The fraction of sp³-hybridized carbons (Fsp3) is 0.167. The second-order valence-corrected chi connectivity index (χ2v) is 8.10. The summed E-state index contributed by atoms with van der Waals surface area (Å²) < 4.78 is 7.85. The third-order valence-electron chi connectivity index (χ3n) is 4.76. The number of para-hydroxylation sites is 1. The number of rotatable bonds is 7. The first-order valence-electron chi connectivity index (χ1n) is 9.72. The summed E-state index contributed by atoms with van der Waals surface area (Å²) >= 11 is 1.42. The summed E-state index contributed by atoms with van der Waals surface area (Å²) in [5.74, 6) is 0.790. The number of ether oxygens (including phenoxy) is 1. The number of carbonyl (C=O) groups excluding carboxylic acids is 1. The molecule has 0 saturated carbocycles. The number of carbonyl (C=O) groups is 1. The Balaban J connectivity index is 1.38. The Morgan fingerprint density at radius 3 is 2.63 bits per heavy atom. The molecule has 0 spiro atoms. The van der Waals surface area contributed by atoms with Crippen LogP contribution in [-0.2, 0) is 13.2 Å². The molecule has 2 heterocycles. The van der Waals surface area contributed by atoms with Crippen molar-refractivity contribution < 1.29 is 9.53 Å². The maximum atomic E-state index is 12.7. The van der Waals surface area contributed by atoms with Gasteiger partial charge in [-0.1, -0.05) is 30.3 Å². The smallest absolute Gasteiger partial charge is 0.265 e. The number of amides is 1. The molecule has 6 heteroatoms. The summed E-state index contributed by atoms with van der Waals surface area (Å²) in [6.45, 7) is 5.18. The van der Waals surface area contributed by atoms with E-state index in [0.29, 0.717) is 18.0 Å². The molecule has 2 aromatic heterocycles. The number of hydrogen-bond acceptors (Lipinski definition) is 4. The quantitative estimate of drug-likeness (QED) is 0.436. The Bertz CT molecular complexity index is 1130. The lowest BCUT2D eigenvalue weighted by Crippen LogP contribution is -2.10. The van der Waals surface area contributed by atoms with Crippen molar-refractivity contribution in [2.75, 3.05) is 5.32 Å². The van der Waals surface area contributed by atoms with Gasteiger partial charge in [-0.05, 0) is 60.2 Å². The predicted molar refractivity (Wildman–Crippen MR) is 120 cm³/mol. The minimum Gasteiger partial charge on any atom is -0.488 e. The van der Waals surface area contributed by atoms with E-state index in [4.69, 9.17) is 4.74 Å². The first-order chi connectivity index (χ1) is 14.6. The van der Waals surface area contributed by atoms with Gasteiger partial charge in [0.05, 0.1) is 11.4 Å². The molecule has 0 radical (unpaired) electrons. The second-order valence-electron chi connectivity index (χ2n) is 7.19. The second kappa shape index (κ2) is 8.97. The van der Waals surface area contributed by atoms with E-state index in [9.17, 15) is 4.79 Å². The Morgan fingerprint density at radius 1 is 1.07 bits per heavy atom. The van der Waals surface area contributed by atoms with E-state index in [2.05, 4.69) is 10.4 Å². The highest BCUT2D eigenvalue weighted by Gasteiger charge is 2.11. The molecule has 5 nitrogen and oxygen atoms in total. The van der Waals surface area contributed by atoms with Gasteiger partial charge in [0.1, 0.15) is 12.4 Å². The number of benzene rings is 2. The lowest BCUT2D eigenvalue weighted by molar-refractivity contribution is 0.103. The zero-order valence-corrected chi connectivity index (χ0v) is 17.8. The molecule has 4 rings (SSSR count). The number of nitrogens with one attached hydrogen (secondary N) is 1. The molecule has 1 N–H and O–H groups in total. The normalized spacial score (nSPS) is 10.7. The molecule has 4 aromatic rings. The summed E-state index contributed by atoms with van der Waals surface area (Å²) in [5.41, 5.74) is 5.05. The van der Waals surface area contributed by atoms with Crippen LogP contribution in [0.1, 0.15) is 31.9 Å². The molecule has 0 bridgehead atoms. The van der Waals surface area contributed by atoms with Crippen LogP contribution in [0.4, 0.5) is 5.69 Å². The summed E-state index contributed by atoms with van der Waals surface area (Å²) in [6.07, 6.45) is 3.67. The van der Waals surface area contributed by atoms with E-state index in [0.717, 1.165) is 33.7 Å². The van der Waals surface area contributed by atoms with E-state index >= 15 is 0 Å². The van der Waals surface area contributed by atoms with Crippen LogP contribution in [0.15, 0.2) is 72.4 Å². The van der Waals surface area contributed by atoms with Gasteiger partial charge in [-0.25, -0.2) is 0 Å². The molecular weight excluding hydrogens is 394 g/mol. The average molecular weight is 418 g/mol. The highest BCUT2D eigenvalue weighted by atomic mass is 32.1. The number of aromatic nitrogens is 2. The maximum absolute atomic E-state index is 12.7. The molecular formula is C24H23N3O2S. The van der Waals surface area contributed by atoms with Crippen molar-refractivity contribution in [2.24, 2.45) is 0 Å². The zero-order valence-electron chi connectivity index (χ0n) is 17.0. The van der Waals surface area contributed by atoms with Crippen molar-refractivity contribution in [2.45, 2.75) is 27.0 Å². The van der Waals surface area contributed by atoms with Gasteiger partial charge >= 0.3 is 0 Å². The molecule has 30 heavy (non-hydrogen) atoms. The number of anilines is 1. The molecule has 2 aromatic carbocycles. The summed E-state index contributed by atoms with van der Waals surface area (Å²) in [4.78, 5) is 13.3. The largest absolute Gasteiger partial charge is 0.488 e. The van der Waals surface area contributed by atoms with Crippen LogP contribution >= 0.6 is 11.3 Å². The van der Waals surface area contributed by atoms with Crippen LogP contribution in [0.25, 0.3) is 0 Å². The maximum Gasteiger partial charge on any atom is 0.265 e. The molecule has 0 saturated heterocycles. The molecule has 0 aliphatic rings. The third-order valence-corrected chi connectivity index (χ3v) is 5.74. The fourth-order valence-corrected chi connectivity index (χ4v) is 4.07. The molecule has 0 fully saturated rings. The third kappa shape index (κ3) is 4.78. The van der Waals surface area contributed by atoms with Gasteiger partial charge in [-0.2, -0.15) is 5.10 Å². The van der Waals surface area contributed by atoms with Crippen LogP contribution in [0, 0.1) is 13.8 Å². The van der Waals surface area contributed by atoms with Gasteiger partial charge in [-0.15, -0.1) is 11.3 Å². The zero-order chi connectivity index (χ0) is 20.9. The first-order valence-corrected chi connectivity index (χ1v) is 10.6. The van der Waals surface area contributed by atoms with E-state index in [-0.39, 0.29) is 5.91 Å². The van der Waals surface area contributed by atoms with Gasteiger partial charge in [0.2, 0.25) is 0 Å². The average Bonchev–Trinajstić information content (AvgIpc) is 3.40. The van der Waals surface area contributed by atoms with Gasteiger partial charge in [0, 0.05) is 23.6 Å². The SMILES string of the molecule is Cc1cccc(C)c1OCc1csc(C(=O)Nc2cccc(Cn3cccn3)c2)c1. The van der Waals surface area contributed by atoms with Crippen LogP contribution < -0.4 is 10.1 Å². The number of aryl methyl sites for hydroxylation is 2. The standard InChI is InChI=1S/C24H23N3O2S/c1-17-6-3-7-18(2)23(17)29-15-20-13-22(30-16-20)24(28)26-21-9-4-8-19(12-21)14-27-11-5-10-25-27/h3-13,16H,14-15H2,1-2H3,(H,26,28). The van der Waals surface area contributed by atoms with E-state index in [1.54, 1.807) is 6.20 Å². The topological polar surface area (TPSA) is 56.1 Å². The Morgan fingerprint density at radius 2 is 1.87 bits per heavy atom. The van der Waals surface area contributed by atoms with Crippen molar-refractivity contribution in [1.29, 1.82) is 0 Å². The predicted octanol–water partition coefficient (Wildman–Crippen LogP) is 5.44. The monoisotopic (exact) mass is 417 g/mol. The van der Waals surface area contributed by atoms with Crippen LogP contribution in [0.3, 0.4) is 0 Å². The highest BCUT2D eigenvalue weighted by molar-refractivity contribution is 7.12. The minimum atomic E-state index is -0.116. The van der Waals surface area contributed by atoms with Gasteiger partial charge < -0.3 is 10.1 Å². The van der Waals surface area contributed by atoms with Gasteiger partial charge in [0.15, 0.2) is 0 Å². The van der Waals surface area contributed by atoms with Crippen LogP contribution in [0.5, 0.6) is 5.75 Å². The van der Waals surface area contributed by atoms with Crippen molar-refractivity contribution in [3.8, 4) is 5.75 Å². The molecule has 152 valence electrons. The molecule has 1 amide bonds. The van der Waals surface area contributed by atoms with Gasteiger partial charge in [-0.3, -0.25) is 9.48 Å². The van der Waals surface area contributed by atoms with Crippen LogP contribution in [-0.4, -0.2) is 15.7 Å².